The first-order valence-corrected chi connectivity index (χ1v) is 11.1. The van der Waals surface area contributed by atoms with Gasteiger partial charge in [-0.15, -0.1) is 25.2 Å². The second-order valence-electron chi connectivity index (χ2n) is 8.73. The maximum absolute atomic E-state index is 15.3. The zero-order valence-corrected chi connectivity index (χ0v) is 18.3. The molecule has 0 amide bonds. The number of carboxylic acids is 1. The molecule has 0 bridgehead atoms. The first-order chi connectivity index (χ1) is 15.4. The summed E-state index contributed by atoms with van der Waals surface area (Å²) in [7, 11) is 0. The fourth-order valence-electron chi connectivity index (χ4n) is 4.47. The SMILES string of the molecule is O=C(O)c1cncc(-c2cc(S)c(N(CC3CC4(CC4)C[N-]3)c3ccccc3)cc2F)c1. The molecule has 0 radical (unpaired) electrons. The van der Waals surface area contributed by atoms with Gasteiger partial charge >= 0.3 is 5.97 Å². The van der Waals surface area contributed by atoms with E-state index in [1.54, 1.807) is 6.07 Å². The van der Waals surface area contributed by atoms with Gasteiger partial charge in [0.15, 0.2) is 0 Å². The molecule has 1 saturated carbocycles. The molecule has 5 nitrogen and oxygen atoms in total. The average molecular weight is 449 g/mol. The number of aromatic carboxylic acids is 1. The summed E-state index contributed by atoms with van der Waals surface area (Å²) in [5.41, 5.74) is 2.71. The molecule has 1 unspecified atom stereocenters. The van der Waals surface area contributed by atoms with Crippen molar-refractivity contribution in [2.75, 3.05) is 18.0 Å². The zero-order chi connectivity index (χ0) is 22.3. The number of hydrogen-bond acceptors (Lipinski definition) is 4. The molecule has 3 aromatic rings. The number of nitrogens with zero attached hydrogens (tertiary/aromatic N) is 3. The molecule has 5 rings (SSSR count). The predicted molar refractivity (Wildman–Crippen MR) is 126 cm³/mol. The lowest BCUT2D eigenvalue weighted by Gasteiger charge is -2.34. The molecular weight excluding hydrogens is 425 g/mol. The molecule has 1 aliphatic carbocycles. The third-order valence-corrected chi connectivity index (χ3v) is 6.78. The highest BCUT2D eigenvalue weighted by molar-refractivity contribution is 7.80. The molecule has 1 aliphatic heterocycles. The number of carboxylic acid groups (broad SMARTS) is 1. The Kier molecular flexibility index (Phi) is 5.39. The summed E-state index contributed by atoms with van der Waals surface area (Å²) in [4.78, 5) is 17.9. The smallest absolute Gasteiger partial charge is 0.337 e. The lowest BCUT2D eigenvalue weighted by atomic mass is 10.0. The van der Waals surface area contributed by atoms with Gasteiger partial charge in [-0.05, 0) is 48.6 Å². The maximum atomic E-state index is 15.3. The van der Waals surface area contributed by atoms with E-state index in [0.717, 1.165) is 18.7 Å². The van der Waals surface area contributed by atoms with E-state index in [1.807, 2.05) is 30.3 Å². The van der Waals surface area contributed by atoms with Gasteiger partial charge in [0, 0.05) is 40.6 Å². The van der Waals surface area contributed by atoms with Crippen molar-refractivity contribution >= 4 is 30.0 Å². The Hall–Kier alpha value is -2.90. The van der Waals surface area contributed by atoms with Gasteiger partial charge in [0.2, 0.25) is 0 Å². The molecule has 1 aromatic heterocycles. The lowest BCUT2D eigenvalue weighted by Crippen LogP contribution is -2.27. The fourth-order valence-corrected chi connectivity index (χ4v) is 4.78. The van der Waals surface area contributed by atoms with Gasteiger partial charge in [-0.25, -0.2) is 9.18 Å². The number of benzene rings is 2. The van der Waals surface area contributed by atoms with Crippen LogP contribution >= 0.6 is 12.6 Å². The van der Waals surface area contributed by atoms with Crippen LogP contribution in [0.3, 0.4) is 0 Å². The average Bonchev–Trinajstić information content (AvgIpc) is 3.44. The van der Waals surface area contributed by atoms with Crippen LogP contribution < -0.4 is 4.90 Å². The van der Waals surface area contributed by atoms with Crippen molar-refractivity contribution < 1.29 is 14.3 Å². The number of hydrogen-bond donors (Lipinski definition) is 2. The largest absolute Gasteiger partial charge is 0.658 e. The predicted octanol–water partition coefficient (Wildman–Crippen LogP) is 5.94. The molecule has 164 valence electrons. The van der Waals surface area contributed by atoms with Crippen molar-refractivity contribution in [3.05, 3.63) is 77.6 Å². The highest BCUT2D eigenvalue weighted by Crippen LogP contribution is 2.56. The molecule has 1 saturated heterocycles. The Morgan fingerprint density at radius 1 is 1.22 bits per heavy atom. The van der Waals surface area contributed by atoms with E-state index >= 15 is 4.39 Å². The van der Waals surface area contributed by atoms with E-state index < -0.39 is 11.8 Å². The fraction of sp³-hybridized carbons (Fsp3) is 0.280. The second-order valence-corrected chi connectivity index (χ2v) is 9.21. The van der Waals surface area contributed by atoms with Crippen LogP contribution in [0.1, 0.15) is 29.6 Å². The second kappa shape index (κ2) is 8.22. The summed E-state index contributed by atoms with van der Waals surface area (Å²) in [6.07, 6.45) is 6.28. The minimum absolute atomic E-state index is 0.00875. The summed E-state index contributed by atoms with van der Waals surface area (Å²) in [6, 6.07) is 14.6. The van der Waals surface area contributed by atoms with Gasteiger partial charge in [0.1, 0.15) is 5.82 Å². The Morgan fingerprint density at radius 3 is 2.69 bits per heavy atom. The minimum Gasteiger partial charge on any atom is -0.658 e. The van der Waals surface area contributed by atoms with Crippen molar-refractivity contribution in [2.24, 2.45) is 5.41 Å². The number of halogens is 1. The first-order valence-electron chi connectivity index (χ1n) is 10.6. The summed E-state index contributed by atoms with van der Waals surface area (Å²) in [6.45, 7) is 1.59. The van der Waals surface area contributed by atoms with Gasteiger partial charge in [0.05, 0.1) is 11.3 Å². The number of pyridine rings is 1. The van der Waals surface area contributed by atoms with Crippen molar-refractivity contribution in [1.82, 2.24) is 4.98 Å². The van der Waals surface area contributed by atoms with E-state index in [9.17, 15) is 9.90 Å². The molecular formula is C25H23FN3O2S-. The Bertz CT molecular complexity index is 1170. The lowest BCUT2D eigenvalue weighted by molar-refractivity contribution is 0.0696. The number of anilines is 2. The normalized spacial score (nSPS) is 18.6. The standard InChI is InChI=1S/C25H23FN3O2S/c26-21-10-22(23(32)9-20(21)16-8-17(24(30)31)13-27-12-16)29(19-4-2-1-3-5-19)14-18-11-25(6-7-25)15-28-18/h1-5,8-10,12-13,18,32H,6-7,11,14-15H2,(H,30,31)/q-1. The zero-order valence-electron chi connectivity index (χ0n) is 17.4. The van der Waals surface area contributed by atoms with Crippen LogP contribution in [0.15, 0.2) is 65.8 Å². The molecule has 1 atom stereocenters. The van der Waals surface area contributed by atoms with E-state index in [1.165, 1.54) is 37.4 Å². The van der Waals surface area contributed by atoms with Crippen LogP contribution in [0.25, 0.3) is 16.4 Å². The minimum atomic E-state index is -1.11. The Labute approximate surface area is 191 Å². The van der Waals surface area contributed by atoms with Gasteiger partial charge in [-0.3, -0.25) is 4.98 Å². The monoisotopic (exact) mass is 448 g/mol. The molecule has 7 heteroatoms. The van der Waals surface area contributed by atoms with Gasteiger partial charge < -0.3 is 15.3 Å². The molecule has 1 spiro atoms. The number of carbonyl (C=O) groups is 1. The van der Waals surface area contributed by atoms with Gasteiger partial charge in [-0.2, -0.15) is 0 Å². The summed E-state index contributed by atoms with van der Waals surface area (Å²) >= 11 is 4.69. The summed E-state index contributed by atoms with van der Waals surface area (Å²) < 4.78 is 15.3. The van der Waals surface area contributed by atoms with Crippen molar-refractivity contribution in [3.8, 4) is 11.1 Å². The van der Waals surface area contributed by atoms with E-state index in [2.05, 4.69) is 22.5 Å². The molecule has 2 aromatic carbocycles. The topological polar surface area (TPSA) is 67.5 Å². The van der Waals surface area contributed by atoms with Crippen molar-refractivity contribution in [3.63, 3.8) is 0 Å². The van der Waals surface area contributed by atoms with Crippen molar-refractivity contribution in [2.45, 2.75) is 30.2 Å². The number of para-hydroxylation sites is 1. The van der Waals surface area contributed by atoms with Crippen LogP contribution in [0, 0.1) is 11.2 Å². The Balaban J connectivity index is 1.51. The molecule has 2 aliphatic rings. The maximum Gasteiger partial charge on any atom is 0.337 e. The van der Waals surface area contributed by atoms with Crippen LogP contribution in [0.2, 0.25) is 0 Å². The van der Waals surface area contributed by atoms with Crippen molar-refractivity contribution in [1.29, 1.82) is 0 Å². The number of rotatable bonds is 6. The highest BCUT2D eigenvalue weighted by Gasteiger charge is 2.42. The van der Waals surface area contributed by atoms with Crippen LogP contribution in [-0.4, -0.2) is 35.2 Å². The summed E-state index contributed by atoms with van der Waals surface area (Å²) in [5, 5.41) is 14.1. The quantitative estimate of drug-likeness (QED) is 0.458. The van der Waals surface area contributed by atoms with Crippen LogP contribution in [0.4, 0.5) is 15.8 Å². The van der Waals surface area contributed by atoms with Gasteiger partial charge in [0.25, 0.3) is 0 Å². The summed E-state index contributed by atoms with van der Waals surface area (Å²) in [5.74, 6) is -1.56. The molecule has 2 fully saturated rings. The number of aromatic nitrogens is 1. The van der Waals surface area contributed by atoms with Crippen LogP contribution in [-0.2, 0) is 0 Å². The molecule has 2 heterocycles. The van der Waals surface area contributed by atoms with Gasteiger partial charge in [-0.1, -0.05) is 24.6 Å². The van der Waals surface area contributed by atoms with E-state index in [-0.39, 0.29) is 17.2 Å². The molecule has 1 N–H and O–H groups in total. The van der Waals surface area contributed by atoms with E-state index in [0.29, 0.717) is 28.1 Å². The third kappa shape index (κ3) is 4.10. The first kappa shape index (κ1) is 21.0. The van der Waals surface area contributed by atoms with Crippen LogP contribution in [0.5, 0.6) is 0 Å². The third-order valence-electron chi connectivity index (χ3n) is 6.42. The Morgan fingerprint density at radius 2 is 2.00 bits per heavy atom. The molecule has 32 heavy (non-hydrogen) atoms. The highest BCUT2D eigenvalue weighted by atomic mass is 32.1. The number of thiol groups is 1. The van der Waals surface area contributed by atoms with E-state index in [4.69, 9.17) is 5.32 Å².